The van der Waals surface area contributed by atoms with Crippen molar-refractivity contribution in [3.63, 3.8) is 0 Å². The van der Waals surface area contributed by atoms with Gasteiger partial charge in [-0.05, 0) is 48.6 Å². The topological polar surface area (TPSA) is 54.9 Å². The van der Waals surface area contributed by atoms with Gasteiger partial charge in [0.25, 0.3) is 0 Å². The Kier molecular flexibility index (Phi) is 5.03. The molecule has 5 heteroatoms. The summed E-state index contributed by atoms with van der Waals surface area (Å²) in [7, 11) is 3.44. The molecule has 1 aliphatic heterocycles. The number of benzene rings is 2. The van der Waals surface area contributed by atoms with E-state index < -0.39 is 0 Å². The minimum absolute atomic E-state index is 0.236. The number of hydrogen-bond acceptors (Lipinski definition) is 5. The first-order chi connectivity index (χ1) is 13.3. The number of methoxy groups -OCH3 is 2. The average molecular weight is 365 g/mol. The lowest BCUT2D eigenvalue weighted by molar-refractivity contribution is 0.360. The Hall–Kier alpha value is -2.53. The van der Waals surface area contributed by atoms with Gasteiger partial charge < -0.3 is 14.8 Å². The fourth-order valence-corrected chi connectivity index (χ4v) is 4.32. The van der Waals surface area contributed by atoms with Crippen molar-refractivity contribution in [3.05, 3.63) is 59.2 Å². The minimum Gasteiger partial charge on any atom is -0.497 e. The number of amidine groups is 1. The van der Waals surface area contributed by atoms with Gasteiger partial charge in [0.15, 0.2) is 0 Å². The monoisotopic (exact) mass is 365 g/mol. The van der Waals surface area contributed by atoms with Gasteiger partial charge in [0.2, 0.25) is 0 Å². The van der Waals surface area contributed by atoms with Crippen LogP contribution in [0.5, 0.6) is 11.5 Å². The first kappa shape index (κ1) is 17.9. The molecule has 0 fully saturated rings. The molecule has 0 bridgehead atoms. The molecule has 2 aliphatic rings. The van der Waals surface area contributed by atoms with Crippen LogP contribution in [-0.2, 0) is 18.5 Å². The Labute approximate surface area is 160 Å². The first-order valence-corrected chi connectivity index (χ1v) is 9.60. The van der Waals surface area contributed by atoms with Gasteiger partial charge in [0.05, 0.1) is 20.8 Å². The Morgan fingerprint density at radius 1 is 1.15 bits per heavy atom. The summed E-state index contributed by atoms with van der Waals surface area (Å²) in [5.74, 6) is 2.85. The van der Waals surface area contributed by atoms with Crippen LogP contribution < -0.4 is 20.1 Å². The van der Waals surface area contributed by atoms with Gasteiger partial charge in [-0.1, -0.05) is 24.3 Å². The lowest BCUT2D eigenvalue weighted by Crippen LogP contribution is -2.58. The van der Waals surface area contributed by atoms with Crippen LogP contribution in [0.25, 0.3) is 0 Å². The summed E-state index contributed by atoms with van der Waals surface area (Å²) in [4.78, 5) is 4.89. The van der Waals surface area contributed by atoms with Crippen LogP contribution in [0.3, 0.4) is 0 Å². The van der Waals surface area contributed by atoms with E-state index in [4.69, 9.17) is 14.5 Å². The third kappa shape index (κ3) is 3.28. The molecule has 1 spiro atoms. The van der Waals surface area contributed by atoms with Crippen LogP contribution in [0.4, 0.5) is 0 Å². The van der Waals surface area contributed by atoms with Gasteiger partial charge in [-0.15, -0.1) is 0 Å². The number of nitrogens with one attached hydrogen (secondary N) is 2. The molecule has 1 atom stereocenters. The van der Waals surface area contributed by atoms with Crippen molar-refractivity contribution in [2.45, 2.75) is 31.3 Å². The third-order valence-electron chi connectivity index (χ3n) is 5.62. The fourth-order valence-electron chi connectivity index (χ4n) is 4.32. The van der Waals surface area contributed by atoms with E-state index in [2.05, 4.69) is 34.9 Å². The van der Waals surface area contributed by atoms with Crippen LogP contribution in [0.1, 0.15) is 29.5 Å². The molecule has 0 saturated carbocycles. The van der Waals surface area contributed by atoms with Crippen molar-refractivity contribution < 1.29 is 9.47 Å². The number of fused-ring (bicyclic) bond motifs is 2. The third-order valence-corrected chi connectivity index (χ3v) is 5.62. The number of rotatable bonds is 4. The molecule has 2 N–H and O–H groups in total. The van der Waals surface area contributed by atoms with Crippen molar-refractivity contribution >= 4 is 5.84 Å². The maximum Gasteiger partial charge on any atom is 0.123 e. The summed E-state index contributed by atoms with van der Waals surface area (Å²) in [5.41, 5.74) is 3.57. The van der Waals surface area contributed by atoms with E-state index in [1.54, 1.807) is 14.2 Å². The normalized spacial score (nSPS) is 21.3. The summed E-state index contributed by atoms with van der Waals surface area (Å²) in [6.07, 6.45) is 3.25. The number of ether oxygens (including phenoxy) is 2. The maximum atomic E-state index is 5.49. The van der Waals surface area contributed by atoms with Crippen molar-refractivity contribution in [2.75, 3.05) is 27.3 Å². The number of hydrogen-bond donors (Lipinski definition) is 2. The predicted octanol–water partition coefficient (Wildman–Crippen LogP) is 3.03. The molecule has 27 heavy (non-hydrogen) atoms. The van der Waals surface area contributed by atoms with Gasteiger partial charge in [-0.2, -0.15) is 0 Å². The second-order valence-electron chi connectivity index (χ2n) is 7.10. The SMILES string of the molecule is COc1ccc2c(c1)CCCC21NCCN=C1NCc1ccccc1OC. The molecule has 1 unspecified atom stereocenters. The highest BCUT2D eigenvalue weighted by Crippen LogP contribution is 2.38. The van der Waals surface area contributed by atoms with E-state index in [-0.39, 0.29) is 5.54 Å². The molecule has 0 amide bonds. The number of aryl methyl sites for hydroxylation is 1. The minimum atomic E-state index is -0.236. The van der Waals surface area contributed by atoms with Crippen molar-refractivity contribution in [2.24, 2.45) is 4.99 Å². The summed E-state index contributed by atoms with van der Waals surface area (Å²) in [6, 6.07) is 14.5. The standard InChI is InChI=1S/C22H27N3O2/c1-26-18-9-10-19-16(14-18)7-5-11-22(19)21(23-12-13-25-22)24-15-17-6-3-4-8-20(17)27-2/h3-4,6,8-10,14,25H,5,7,11-13,15H2,1-2H3,(H,23,24). The summed E-state index contributed by atoms with van der Waals surface area (Å²) in [5, 5.41) is 7.40. The van der Waals surface area contributed by atoms with E-state index in [0.29, 0.717) is 6.54 Å². The van der Waals surface area contributed by atoms with Crippen molar-refractivity contribution in [3.8, 4) is 11.5 Å². The largest absolute Gasteiger partial charge is 0.497 e. The first-order valence-electron chi connectivity index (χ1n) is 9.60. The maximum absolute atomic E-state index is 5.49. The Morgan fingerprint density at radius 2 is 2.04 bits per heavy atom. The van der Waals surface area contributed by atoms with Gasteiger partial charge in [-0.3, -0.25) is 10.3 Å². The van der Waals surface area contributed by atoms with Crippen LogP contribution in [0.2, 0.25) is 0 Å². The van der Waals surface area contributed by atoms with E-state index >= 15 is 0 Å². The average Bonchev–Trinajstić information content (AvgIpc) is 2.73. The number of para-hydroxylation sites is 1. The number of aliphatic imine (C=N–C) groups is 1. The molecule has 0 radical (unpaired) electrons. The van der Waals surface area contributed by atoms with Crippen LogP contribution in [-0.4, -0.2) is 33.1 Å². The van der Waals surface area contributed by atoms with Crippen LogP contribution in [0, 0.1) is 0 Å². The summed E-state index contributed by atoms with van der Waals surface area (Å²) >= 11 is 0. The van der Waals surface area contributed by atoms with Crippen molar-refractivity contribution in [1.82, 2.24) is 10.6 Å². The molecule has 0 aromatic heterocycles. The van der Waals surface area contributed by atoms with Crippen LogP contribution in [0.15, 0.2) is 47.5 Å². The second kappa shape index (κ2) is 7.61. The fraction of sp³-hybridized carbons (Fsp3) is 0.409. The predicted molar refractivity (Wildman–Crippen MR) is 108 cm³/mol. The highest BCUT2D eigenvalue weighted by Gasteiger charge is 2.42. The molecule has 5 nitrogen and oxygen atoms in total. The van der Waals surface area contributed by atoms with E-state index in [9.17, 15) is 0 Å². The lowest BCUT2D eigenvalue weighted by Gasteiger charge is -2.43. The zero-order valence-corrected chi connectivity index (χ0v) is 16.0. The molecule has 142 valence electrons. The zero-order valence-electron chi connectivity index (χ0n) is 16.0. The van der Waals surface area contributed by atoms with Crippen molar-refractivity contribution in [1.29, 1.82) is 0 Å². The van der Waals surface area contributed by atoms with E-state index in [1.807, 2.05) is 18.2 Å². The summed E-state index contributed by atoms with van der Waals surface area (Å²) < 4.78 is 10.9. The molecular weight excluding hydrogens is 338 g/mol. The van der Waals surface area contributed by atoms with Gasteiger partial charge in [0.1, 0.15) is 22.9 Å². The van der Waals surface area contributed by atoms with Crippen LogP contribution >= 0.6 is 0 Å². The molecule has 4 rings (SSSR count). The Balaban J connectivity index is 1.65. The zero-order chi connectivity index (χ0) is 18.7. The molecule has 1 aliphatic carbocycles. The second-order valence-corrected chi connectivity index (χ2v) is 7.10. The Bertz CT molecular complexity index is 849. The van der Waals surface area contributed by atoms with Gasteiger partial charge >= 0.3 is 0 Å². The summed E-state index contributed by atoms with van der Waals surface area (Å²) in [6.45, 7) is 2.38. The number of nitrogens with zero attached hydrogens (tertiary/aromatic N) is 1. The molecular formula is C22H27N3O2. The van der Waals surface area contributed by atoms with Gasteiger partial charge in [0, 0.05) is 18.7 Å². The highest BCUT2D eigenvalue weighted by molar-refractivity contribution is 5.94. The molecule has 2 aromatic rings. The van der Waals surface area contributed by atoms with Gasteiger partial charge in [-0.25, -0.2) is 0 Å². The van der Waals surface area contributed by atoms with E-state index in [0.717, 1.165) is 55.3 Å². The molecule has 0 saturated heterocycles. The smallest absolute Gasteiger partial charge is 0.123 e. The quantitative estimate of drug-likeness (QED) is 0.875. The van der Waals surface area contributed by atoms with E-state index in [1.165, 1.54) is 11.1 Å². The lowest BCUT2D eigenvalue weighted by atomic mass is 9.74. The Morgan fingerprint density at radius 3 is 2.89 bits per heavy atom. The molecule has 1 heterocycles. The molecule has 2 aromatic carbocycles. The highest BCUT2D eigenvalue weighted by atomic mass is 16.5.